The highest BCUT2D eigenvalue weighted by atomic mass is 32.2. The largest absolute Gasteiger partial charge is 0.272 e. The Hall–Kier alpha value is -0.880. The van der Waals surface area contributed by atoms with Crippen LogP contribution in [0.4, 0.5) is 0 Å². The number of sulfonamides is 1. The Bertz CT molecular complexity index is 547. The van der Waals surface area contributed by atoms with Crippen LogP contribution < -0.4 is 4.72 Å². The lowest BCUT2D eigenvalue weighted by Gasteiger charge is -2.15. The fourth-order valence-electron chi connectivity index (χ4n) is 2.29. The van der Waals surface area contributed by atoms with Gasteiger partial charge >= 0.3 is 0 Å². The molecule has 1 saturated carbocycles. The van der Waals surface area contributed by atoms with E-state index < -0.39 is 10.0 Å². The standard InChI is InChI=1S/C12H21N3O2S/c1-11(2)8-12(11,3)9-14-18(16,17)7-10-5-6-13-15(10)4/h5-6,14H,7-9H2,1-4H3. The number of hydrogen-bond acceptors (Lipinski definition) is 3. The van der Waals surface area contributed by atoms with Crippen LogP contribution in [0.1, 0.15) is 32.9 Å². The molecule has 1 atom stereocenters. The SMILES string of the molecule is Cn1nccc1CS(=O)(=O)NCC1(C)CC1(C)C. The summed E-state index contributed by atoms with van der Waals surface area (Å²) in [5.74, 6) is -0.0139. The van der Waals surface area contributed by atoms with Gasteiger partial charge in [0.2, 0.25) is 10.0 Å². The normalized spacial score (nSPS) is 26.2. The molecule has 0 aliphatic heterocycles. The molecule has 0 bridgehead atoms. The van der Waals surface area contributed by atoms with Crippen LogP contribution in [0.3, 0.4) is 0 Å². The Morgan fingerprint density at radius 3 is 2.50 bits per heavy atom. The highest BCUT2D eigenvalue weighted by molar-refractivity contribution is 7.88. The lowest BCUT2D eigenvalue weighted by Crippen LogP contribution is -2.32. The Balaban J connectivity index is 1.95. The zero-order valence-electron chi connectivity index (χ0n) is 11.4. The van der Waals surface area contributed by atoms with Crippen LogP contribution in [0.5, 0.6) is 0 Å². The van der Waals surface area contributed by atoms with Gasteiger partial charge in [0.05, 0.1) is 5.69 Å². The van der Waals surface area contributed by atoms with Crippen molar-refractivity contribution < 1.29 is 8.42 Å². The molecule has 1 unspecified atom stereocenters. The number of rotatable bonds is 5. The van der Waals surface area contributed by atoms with Crippen molar-refractivity contribution in [3.05, 3.63) is 18.0 Å². The van der Waals surface area contributed by atoms with Gasteiger partial charge in [-0.05, 0) is 23.3 Å². The molecule has 0 aromatic carbocycles. The van der Waals surface area contributed by atoms with Crippen LogP contribution in [0.15, 0.2) is 12.3 Å². The number of hydrogen-bond donors (Lipinski definition) is 1. The van der Waals surface area contributed by atoms with Crippen LogP contribution in [0, 0.1) is 10.8 Å². The Morgan fingerprint density at radius 1 is 1.44 bits per heavy atom. The minimum absolute atomic E-state index is 0.0139. The van der Waals surface area contributed by atoms with E-state index in [1.165, 1.54) is 0 Å². The number of aryl methyl sites for hydroxylation is 1. The fraction of sp³-hybridized carbons (Fsp3) is 0.750. The third-order valence-corrected chi connectivity index (χ3v) is 5.54. The molecule has 0 saturated heterocycles. The third-order valence-electron chi connectivity index (χ3n) is 4.28. The summed E-state index contributed by atoms with van der Waals surface area (Å²) in [5.41, 5.74) is 1.02. The molecule has 0 amide bonds. The van der Waals surface area contributed by atoms with Crippen LogP contribution in [-0.2, 0) is 22.8 Å². The van der Waals surface area contributed by atoms with E-state index >= 15 is 0 Å². The van der Waals surface area contributed by atoms with E-state index in [0.717, 1.165) is 6.42 Å². The minimum atomic E-state index is -3.28. The van der Waals surface area contributed by atoms with E-state index in [1.807, 2.05) is 0 Å². The van der Waals surface area contributed by atoms with Gasteiger partial charge in [0, 0.05) is 19.8 Å². The van der Waals surface area contributed by atoms with Crippen LogP contribution >= 0.6 is 0 Å². The molecule has 0 spiro atoms. The van der Waals surface area contributed by atoms with Crippen molar-refractivity contribution in [2.24, 2.45) is 17.9 Å². The van der Waals surface area contributed by atoms with Gasteiger partial charge in [0.25, 0.3) is 0 Å². The lowest BCUT2D eigenvalue weighted by atomic mass is 9.99. The molecule has 1 aromatic heterocycles. The van der Waals surface area contributed by atoms with E-state index in [0.29, 0.717) is 12.2 Å². The first kappa shape index (κ1) is 13.5. The summed E-state index contributed by atoms with van der Waals surface area (Å²) in [6, 6.07) is 1.72. The summed E-state index contributed by atoms with van der Waals surface area (Å²) in [4.78, 5) is 0. The first-order valence-electron chi connectivity index (χ1n) is 6.09. The molecular weight excluding hydrogens is 250 g/mol. The van der Waals surface area contributed by atoms with E-state index in [9.17, 15) is 8.42 Å². The summed E-state index contributed by atoms with van der Waals surface area (Å²) in [6.45, 7) is 6.98. The first-order chi connectivity index (χ1) is 8.15. The zero-order chi connectivity index (χ0) is 13.6. The Kier molecular flexibility index (Phi) is 3.06. The molecule has 1 fully saturated rings. The van der Waals surface area contributed by atoms with Crippen molar-refractivity contribution in [3.63, 3.8) is 0 Å². The van der Waals surface area contributed by atoms with Crippen molar-refractivity contribution >= 4 is 10.0 Å². The van der Waals surface area contributed by atoms with Gasteiger partial charge in [0.1, 0.15) is 5.75 Å². The predicted octanol–water partition coefficient (Wildman–Crippen LogP) is 1.28. The van der Waals surface area contributed by atoms with Gasteiger partial charge in [0.15, 0.2) is 0 Å². The lowest BCUT2D eigenvalue weighted by molar-refractivity contribution is 0.413. The molecule has 1 heterocycles. The van der Waals surface area contributed by atoms with Crippen molar-refractivity contribution in [1.82, 2.24) is 14.5 Å². The molecule has 1 aliphatic carbocycles. The predicted molar refractivity (Wildman–Crippen MR) is 70.3 cm³/mol. The summed E-state index contributed by atoms with van der Waals surface area (Å²) >= 11 is 0. The van der Waals surface area contributed by atoms with Gasteiger partial charge in [-0.25, -0.2) is 13.1 Å². The smallest absolute Gasteiger partial charge is 0.217 e. The zero-order valence-corrected chi connectivity index (χ0v) is 12.2. The average Bonchev–Trinajstić information content (AvgIpc) is 2.54. The second-order valence-electron chi connectivity index (χ2n) is 6.15. The molecule has 18 heavy (non-hydrogen) atoms. The minimum Gasteiger partial charge on any atom is -0.272 e. The Morgan fingerprint density at radius 2 is 2.06 bits per heavy atom. The van der Waals surface area contributed by atoms with Gasteiger partial charge in [-0.2, -0.15) is 5.10 Å². The molecular formula is C12H21N3O2S. The molecule has 6 heteroatoms. The van der Waals surface area contributed by atoms with E-state index in [1.54, 1.807) is 24.0 Å². The summed E-state index contributed by atoms with van der Waals surface area (Å²) in [5, 5.41) is 3.97. The average molecular weight is 271 g/mol. The van der Waals surface area contributed by atoms with Crippen LogP contribution in [0.2, 0.25) is 0 Å². The number of nitrogens with one attached hydrogen (secondary N) is 1. The highest BCUT2D eigenvalue weighted by Gasteiger charge is 2.57. The van der Waals surface area contributed by atoms with E-state index in [4.69, 9.17) is 0 Å². The second-order valence-corrected chi connectivity index (χ2v) is 7.95. The van der Waals surface area contributed by atoms with Crippen molar-refractivity contribution in [1.29, 1.82) is 0 Å². The van der Waals surface area contributed by atoms with Crippen LogP contribution in [-0.4, -0.2) is 24.7 Å². The molecule has 1 N–H and O–H groups in total. The van der Waals surface area contributed by atoms with Gasteiger partial charge in [-0.3, -0.25) is 4.68 Å². The summed E-state index contributed by atoms with van der Waals surface area (Å²) in [6.07, 6.45) is 2.67. The van der Waals surface area contributed by atoms with E-state index in [2.05, 4.69) is 30.6 Å². The molecule has 102 valence electrons. The maximum atomic E-state index is 12.0. The Labute approximate surface area is 109 Å². The quantitative estimate of drug-likeness (QED) is 0.877. The molecule has 0 radical (unpaired) electrons. The fourth-order valence-corrected chi connectivity index (χ4v) is 3.60. The summed E-state index contributed by atoms with van der Waals surface area (Å²) in [7, 11) is -1.54. The number of nitrogens with zero attached hydrogens (tertiary/aromatic N) is 2. The monoisotopic (exact) mass is 271 g/mol. The first-order valence-corrected chi connectivity index (χ1v) is 7.75. The van der Waals surface area contributed by atoms with Gasteiger partial charge in [-0.15, -0.1) is 0 Å². The number of aromatic nitrogens is 2. The second kappa shape index (κ2) is 4.06. The third kappa shape index (κ3) is 2.59. The highest BCUT2D eigenvalue weighted by Crippen LogP contribution is 2.62. The topological polar surface area (TPSA) is 64.0 Å². The van der Waals surface area contributed by atoms with Crippen molar-refractivity contribution in [3.8, 4) is 0 Å². The molecule has 5 nitrogen and oxygen atoms in total. The van der Waals surface area contributed by atoms with E-state index in [-0.39, 0.29) is 16.6 Å². The maximum absolute atomic E-state index is 12.0. The maximum Gasteiger partial charge on any atom is 0.217 e. The van der Waals surface area contributed by atoms with Gasteiger partial charge in [-0.1, -0.05) is 20.8 Å². The van der Waals surface area contributed by atoms with Crippen LogP contribution in [0.25, 0.3) is 0 Å². The van der Waals surface area contributed by atoms with Crippen molar-refractivity contribution in [2.75, 3.05) is 6.54 Å². The molecule has 1 aliphatic rings. The van der Waals surface area contributed by atoms with Crippen molar-refractivity contribution in [2.45, 2.75) is 32.9 Å². The molecule has 2 rings (SSSR count). The summed E-state index contributed by atoms with van der Waals surface area (Å²) < 4.78 is 28.3. The van der Waals surface area contributed by atoms with Gasteiger partial charge < -0.3 is 0 Å². The molecule has 1 aromatic rings.